The lowest BCUT2D eigenvalue weighted by Gasteiger charge is -2.15. The maximum Gasteiger partial charge on any atom is 0.509 e. The van der Waals surface area contributed by atoms with E-state index in [1.165, 1.54) is 23.9 Å². The highest BCUT2D eigenvalue weighted by Crippen LogP contribution is 2.42. The van der Waals surface area contributed by atoms with E-state index in [1.54, 1.807) is 10.7 Å². The van der Waals surface area contributed by atoms with E-state index in [0.29, 0.717) is 28.7 Å². The van der Waals surface area contributed by atoms with Crippen molar-refractivity contribution in [3.63, 3.8) is 0 Å². The molecule has 2 aromatic heterocycles. The van der Waals surface area contributed by atoms with Crippen molar-refractivity contribution in [1.82, 2.24) is 25.0 Å². The average molecular weight is 551 g/mol. The average Bonchev–Trinajstić information content (AvgIpc) is 3.43. The first-order valence-corrected chi connectivity index (χ1v) is 13.4. The van der Waals surface area contributed by atoms with Gasteiger partial charge >= 0.3 is 6.16 Å². The summed E-state index contributed by atoms with van der Waals surface area (Å²) in [5, 5.41) is 17.8. The molecular weight excluding hydrogens is 522 g/mol. The monoisotopic (exact) mass is 550 g/mol. The number of hydrogen-bond donors (Lipinski definition) is 2. The molecule has 0 amide bonds. The quantitative estimate of drug-likeness (QED) is 0.242. The number of benzene rings is 1. The zero-order chi connectivity index (χ0) is 26.8. The Labute approximate surface area is 221 Å². The number of fused-ring (bicyclic) bond motifs is 2. The van der Waals surface area contributed by atoms with E-state index in [-0.39, 0.29) is 25.1 Å². The van der Waals surface area contributed by atoms with Gasteiger partial charge in [-0.2, -0.15) is 0 Å². The number of nitrogens with two attached hydrogens (primary N) is 1. The number of hydrogen-bond acceptors (Lipinski definition) is 11. The van der Waals surface area contributed by atoms with Crippen LogP contribution in [-0.4, -0.2) is 73.5 Å². The van der Waals surface area contributed by atoms with Crippen molar-refractivity contribution in [2.75, 3.05) is 24.7 Å². The van der Waals surface area contributed by atoms with Gasteiger partial charge in [0, 0.05) is 12.2 Å². The molecule has 38 heavy (non-hydrogen) atoms. The molecule has 2 saturated carbocycles. The first-order chi connectivity index (χ1) is 18.4. The summed E-state index contributed by atoms with van der Waals surface area (Å²) in [6.07, 6.45) is 1.39. The molecular formula is C24H28F2N6O5S. The van der Waals surface area contributed by atoms with Crippen LogP contribution in [-0.2, 0) is 14.2 Å². The lowest BCUT2D eigenvalue weighted by Crippen LogP contribution is -2.31. The number of aromatic nitrogens is 5. The summed E-state index contributed by atoms with van der Waals surface area (Å²) in [6.45, 7) is 2.09. The zero-order valence-corrected chi connectivity index (χ0v) is 21.4. The minimum absolute atomic E-state index is 0.124. The standard InChI is InChI=1S/C15H20N6O5S.C9H8F2/c1-2-5-27-14-17-12(16)9-13(18-14)21(20-19-9)7-6-8(24-4-3-22)11-10(7)25-15(23)26-11;10-8-4-3-7(5-9(8)11)6-1-2-6/h7-8,10-11,22H,2-6H2,1H3,(H2,16,17,18);3-6H,1-2H2/t7?,8?,10-,11+;/m0./s1. The molecule has 3 heterocycles. The third-order valence-electron chi connectivity index (χ3n) is 6.50. The van der Waals surface area contributed by atoms with Crippen LogP contribution in [0.5, 0.6) is 0 Å². The fourth-order valence-corrected chi connectivity index (χ4v) is 5.28. The molecule has 2 aliphatic carbocycles. The molecule has 14 heteroatoms. The SMILES string of the molecule is CCCSc1nc(N)c2nnn(C3CC(OCCO)[C@H]4OC(=O)O[C@@H]34)c2n1.Fc1ccc(C2CC2)cc1F. The molecule has 3 aliphatic rings. The molecule has 4 atom stereocenters. The molecule has 3 fully saturated rings. The van der Waals surface area contributed by atoms with Gasteiger partial charge in [0.2, 0.25) is 0 Å². The molecule has 0 spiro atoms. The van der Waals surface area contributed by atoms with Gasteiger partial charge in [-0.05, 0) is 42.9 Å². The molecule has 3 N–H and O–H groups in total. The van der Waals surface area contributed by atoms with E-state index >= 15 is 0 Å². The summed E-state index contributed by atoms with van der Waals surface area (Å²) in [6, 6.07) is 3.79. The molecule has 2 unspecified atom stereocenters. The van der Waals surface area contributed by atoms with Crippen molar-refractivity contribution in [1.29, 1.82) is 0 Å². The van der Waals surface area contributed by atoms with Crippen molar-refractivity contribution in [2.45, 2.75) is 68.0 Å². The van der Waals surface area contributed by atoms with E-state index in [9.17, 15) is 13.6 Å². The summed E-state index contributed by atoms with van der Waals surface area (Å²) in [7, 11) is 0. The predicted molar refractivity (Wildman–Crippen MR) is 133 cm³/mol. The summed E-state index contributed by atoms with van der Waals surface area (Å²) < 4.78 is 42.8. The molecule has 204 valence electrons. The number of anilines is 1. The fourth-order valence-electron chi connectivity index (χ4n) is 4.58. The van der Waals surface area contributed by atoms with Crippen LogP contribution in [0.3, 0.4) is 0 Å². The van der Waals surface area contributed by atoms with Crippen molar-refractivity contribution in [3.05, 3.63) is 35.4 Å². The number of ether oxygens (including phenoxy) is 3. The van der Waals surface area contributed by atoms with Crippen molar-refractivity contribution >= 4 is 34.9 Å². The lowest BCUT2D eigenvalue weighted by atomic mass is 10.1. The van der Waals surface area contributed by atoms with Crippen molar-refractivity contribution < 1.29 is 32.9 Å². The third-order valence-corrected chi connectivity index (χ3v) is 7.56. The number of nitrogens with zero attached hydrogens (tertiary/aromatic N) is 5. The Bertz CT molecular complexity index is 1310. The van der Waals surface area contributed by atoms with Gasteiger partial charge in [0.1, 0.15) is 6.10 Å². The molecule has 3 aromatic rings. The van der Waals surface area contributed by atoms with Crippen LogP contribution in [0, 0.1) is 11.6 Å². The number of carbonyl (C=O) groups is 1. The molecule has 1 aliphatic heterocycles. The topological polar surface area (TPSA) is 148 Å². The van der Waals surface area contributed by atoms with E-state index in [0.717, 1.165) is 30.6 Å². The highest BCUT2D eigenvalue weighted by Gasteiger charge is 2.55. The van der Waals surface area contributed by atoms with Crippen LogP contribution >= 0.6 is 11.8 Å². The number of aliphatic hydroxyl groups is 1. The van der Waals surface area contributed by atoms with Gasteiger partial charge in [-0.15, -0.1) is 5.10 Å². The van der Waals surface area contributed by atoms with Crippen LogP contribution in [0.15, 0.2) is 23.4 Å². The number of halogens is 2. The van der Waals surface area contributed by atoms with Crippen molar-refractivity contribution in [2.24, 2.45) is 0 Å². The third kappa shape index (κ3) is 5.52. The molecule has 1 saturated heterocycles. The smallest absolute Gasteiger partial charge is 0.425 e. The summed E-state index contributed by atoms with van der Waals surface area (Å²) in [5.41, 5.74) is 7.84. The van der Waals surface area contributed by atoms with Crippen LogP contribution in [0.4, 0.5) is 19.4 Å². The number of rotatable bonds is 8. The lowest BCUT2D eigenvalue weighted by molar-refractivity contribution is -0.0274. The predicted octanol–water partition coefficient (Wildman–Crippen LogP) is 3.37. The second kappa shape index (κ2) is 11.3. The molecule has 1 aromatic carbocycles. The van der Waals surface area contributed by atoms with Gasteiger partial charge in [-0.1, -0.05) is 30.0 Å². The fraction of sp³-hybridized carbons (Fsp3) is 0.542. The zero-order valence-electron chi connectivity index (χ0n) is 20.6. The summed E-state index contributed by atoms with van der Waals surface area (Å²) in [4.78, 5) is 20.4. The van der Waals surface area contributed by atoms with Crippen LogP contribution in [0.25, 0.3) is 11.2 Å². The number of thioether (sulfide) groups is 1. The van der Waals surface area contributed by atoms with Crippen LogP contribution in [0.1, 0.15) is 50.1 Å². The van der Waals surface area contributed by atoms with Gasteiger partial charge < -0.3 is 25.1 Å². The van der Waals surface area contributed by atoms with Gasteiger partial charge in [0.05, 0.1) is 19.3 Å². The minimum atomic E-state index is -0.755. The molecule has 6 rings (SSSR count). The van der Waals surface area contributed by atoms with Gasteiger partial charge in [0.25, 0.3) is 0 Å². The largest absolute Gasteiger partial charge is 0.509 e. The van der Waals surface area contributed by atoms with Crippen LogP contribution in [0.2, 0.25) is 0 Å². The molecule has 0 bridgehead atoms. The Hall–Kier alpha value is -3.10. The first kappa shape index (κ1) is 26.5. The Morgan fingerprint density at radius 3 is 2.71 bits per heavy atom. The Morgan fingerprint density at radius 2 is 2.00 bits per heavy atom. The summed E-state index contributed by atoms with van der Waals surface area (Å²) in [5.74, 6) is 0.129. The van der Waals surface area contributed by atoms with Crippen molar-refractivity contribution in [3.8, 4) is 0 Å². The number of aliphatic hydroxyl groups excluding tert-OH is 1. The van der Waals surface area contributed by atoms with E-state index in [1.807, 2.05) is 0 Å². The maximum absolute atomic E-state index is 12.6. The van der Waals surface area contributed by atoms with E-state index in [4.69, 9.17) is 25.1 Å². The number of nitrogen functional groups attached to an aromatic ring is 1. The van der Waals surface area contributed by atoms with E-state index in [2.05, 4.69) is 27.2 Å². The summed E-state index contributed by atoms with van der Waals surface area (Å²) >= 11 is 1.50. The Balaban J connectivity index is 0.000000222. The van der Waals surface area contributed by atoms with Gasteiger partial charge in [0.15, 0.2) is 46.0 Å². The molecule has 0 radical (unpaired) electrons. The highest BCUT2D eigenvalue weighted by molar-refractivity contribution is 7.99. The first-order valence-electron chi connectivity index (χ1n) is 12.5. The minimum Gasteiger partial charge on any atom is -0.425 e. The Kier molecular flexibility index (Phi) is 7.91. The Morgan fingerprint density at radius 1 is 1.21 bits per heavy atom. The molecule has 11 nitrogen and oxygen atoms in total. The number of carbonyl (C=O) groups excluding carboxylic acids is 1. The van der Waals surface area contributed by atoms with Crippen LogP contribution < -0.4 is 5.73 Å². The second-order valence-electron chi connectivity index (χ2n) is 9.24. The van der Waals surface area contributed by atoms with Gasteiger partial charge in [-0.25, -0.2) is 28.2 Å². The van der Waals surface area contributed by atoms with Gasteiger partial charge in [-0.3, -0.25) is 0 Å². The normalized spacial score (nSPS) is 24.1. The maximum atomic E-state index is 12.6. The highest BCUT2D eigenvalue weighted by atomic mass is 32.2. The van der Waals surface area contributed by atoms with E-state index < -0.39 is 36.1 Å². The second-order valence-corrected chi connectivity index (χ2v) is 10.3.